The molecule has 0 saturated carbocycles. The van der Waals surface area contributed by atoms with Gasteiger partial charge in [0, 0.05) is 5.33 Å². The number of aryl methyl sites for hydroxylation is 2. The first kappa shape index (κ1) is 14.9. The Morgan fingerprint density at radius 1 is 1.00 bits per heavy atom. The van der Waals surface area contributed by atoms with Crippen molar-refractivity contribution in [2.45, 2.75) is 19.8 Å². The standard InChI is InChI=1S/C18H19BrO/c1-15-6-5-8-18(14-15)20-17-11-9-16(10-12-17)7-3-2-4-13-19/h2,4-6,8-12,14H,3,7,13H2,1H3. The lowest BCUT2D eigenvalue weighted by Crippen LogP contribution is -1.87. The van der Waals surface area contributed by atoms with Crippen LogP contribution in [0.25, 0.3) is 0 Å². The van der Waals surface area contributed by atoms with E-state index in [1.54, 1.807) is 0 Å². The molecule has 2 aromatic rings. The number of hydrogen-bond donors (Lipinski definition) is 0. The zero-order valence-corrected chi connectivity index (χ0v) is 13.3. The fourth-order valence-corrected chi connectivity index (χ4v) is 2.23. The molecule has 0 heterocycles. The number of ether oxygens (including phenoxy) is 1. The van der Waals surface area contributed by atoms with Gasteiger partial charge in [0.15, 0.2) is 0 Å². The van der Waals surface area contributed by atoms with E-state index in [2.05, 4.69) is 53.2 Å². The normalized spacial score (nSPS) is 10.9. The van der Waals surface area contributed by atoms with Gasteiger partial charge in [-0.1, -0.05) is 52.3 Å². The molecule has 2 heteroatoms. The second-order valence-electron chi connectivity index (χ2n) is 4.73. The Morgan fingerprint density at radius 2 is 1.80 bits per heavy atom. The van der Waals surface area contributed by atoms with Crippen LogP contribution in [-0.2, 0) is 6.42 Å². The van der Waals surface area contributed by atoms with Gasteiger partial charge >= 0.3 is 0 Å². The maximum absolute atomic E-state index is 5.84. The van der Waals surface area contributed by atoms with Crippen LogP contribution in [0.2, 0.25) is 0 Å². The topological polar surface area (TPSA) is 9.23 Å². The van der Waals surface area contributed by atoms with E-state index < -0.39 is 0 Å². The van der Waals surface area contributed by atoms with Crippen LogP contribution in [0.15, 0.2) is 60.7 Å². The average molecular weight is 331 g/mol. The first-order chi connectivity index (χ1) is 9.78. The number of alkyl halides is 1. The Kier molecular flexibility index (Phi) is 5.87. The third-order valence-corrected chi connectivity index (χ3v) is 3.38. The van der Waals surface area contributed by atoms with E-state index in [0.29, 0.717) is 0 Å². The lowest BCUT2D eigenvalue weighted by Gasteiger charge is -2.07. The van der Waals surface area contributed by atoms with Crippen molar-refractivity contribution in [3.63, 3.8) is 0 Å². The van der Waals surface area contributed by atoms with Crippen molar-refractivity contribution in [1.82, 2.24) is 0 Å². The second-order valence-corrected chi connectivity index (χ2v) is 5.37. The molecular formula is C18H19BrO. The molecule has 0 radical (unpaired) electrons. The molecule has 0 unspecified atom stereocenters. The average Bonchev–Trinajstić information content (AvgIpc) is 2.45. The van der Waals surface area contributed by atoms with Gasteiger partial charge in [0.25, 0.3) is 0 Å². The minimum Gasteiger partial charge on any atom is -0.457 e. The van der Waals surface area contributed by atoms with Crippen LogP contribution in [0.5, 0.6) is 11.5 Å². The summed E-state index contributed by atoms with van der Waals surface area (Å²) in [6, 6.07) is 16.4. The molecule has 0 aliphatic rings. The summed E-state index contributed by atoms with van der Waals surface area (Å²) in [4.78, 5) is 0. The zero-order chi connectivity index (χ0) is 14.2. The van der Waals surface area contributed by atoms with E-state index in [1.165, 1.54) is 11.1 Å². The molecule has 2 aromatic carbocycles. The third-order valence-electron chi connectivity index (χ3n) is 3.00. The Bertz CT molecular complexity index is 558. The molecule has 20 heavy (non-hydrogen) atoms. The number of halogens is 1. The van der Waals surface area contributed by atoms with Crippen LogP contribution in [0.4, 0.5) is 0 Å². The highest BCUT2D eigenvalue weighted by Gasteiger charge is 1.98. The van der Waals surface area contributed by atoms with Crippen molar-refractivity contribution in [3.05, 3.63) is 71.8 Å². The molecule has 2 rings (SSSR count). The van der Waals surface area contributed by atoms with E-state index in [-0.39, 0.29) is 0 Å². The second kappa shape index (κ2) is 7.91. The van der Waals surface area contributed by atoms with Crippen LogP contribution in [-0.4, -0.2) is 5.33 Å². The van der Waals surface area contributed by atoms with E-state index in [4.69, 9.17) is 4.74 Å². The van der Waals surface area contributed by atoms with Gasteiger partial charge < -0.3 is 4.74 Å². The van der Waals surface area contributed by atoms with Crippen molar-refractivity contribution >= 4 is 15.9 Å². The van der Waals surface area contributed by atoms with Crippen LogP contribution in [0.1, 0.15) is 17.5 Å². The summed E-state index contributed by atoms with van der Waals surface area (Å²) in [7, 11) is 0. The monoisotopic (exact) mass is 330 g/mol. The zero-order valence-electron chi connectivity index (χ0n) is 11.7. The van der Waals surface area contributed by atoms with Crippen LogP contribution >= 0.6 is 15.9 Å². The summed E-state index contributed by atoms with van der Waals surface area (Å²) in [6.45, 7) is 2.07. The molecule has 0 bridgehead atoms. The molecule has 0 fully saturated rings. The maximum Gasteiger partial charge on any atom is 0.127 e. The SMILES string of the molecule is Cc1cccc(Oc2ccc(CCC=CCBr)cc2)c1. The number of rotatable bonds is 6. The lowest BCUT2D eigenvalue weighted by atomic mass is 10.1. The minimum absolute atomic E-state index is 0.885. The van der Waals surface area contributed by atoms with Gasteiger partial charge in [0.1, 0.15) is 11.5 Å². The minimum atomic E-state index is 0.885. The highest BCUT2D eigenvalue weighted by Crippen LogP contribution is 2.22. The fourth-order valence-electron chi connectivity index (χ4n) is 1.97. The van der Waals surface area contributed by atoms with E-state index in [9.17, 15) is 0 Å². The third kappa shape index (κ3) is 4.86. The summed E-state index contributed by atoms with van der Waals surface area (Å²) < 4.78 is 5.84. The predicted molar refractivity (Wildman–Crippen MR) is 89.0 cm³/mol. The highest BCUT2D eigenvalue weighted by atomic mass is 79.9. The van der Waals surface area contributed by atoms with Crippen LogP contribution < -0.4 is 4.74 Å². The van der Waals surface area contributed by atoms with Crippen LogP contribution in [0, 0.1) is 6.92 Å². The van der Waals surface area contributed by atoms with Crippen molar-refractivity contribution < 1.29 is 4.74 Å². The van der Waals surface area contributed by atoms with Gasteiger partial charge in [-0.3, -0.25) is 0 Å². The molecule has 0 aliphatic heterocycles. The molecule has 0 saturated heterocycles. The van der Waals surface area contributed by atoms with Gasteiger partial charge in [-0.25, -0.2) is 0 Å². The Labute approximate surface area is 129 Å². The van der Waals surface area contributed by atoms with E-state index >= 15 is 0 Å². The number of allylic oxidation sites excluding steroid dienone is 2. The van der Waals surface area contributed by atoms with Gasteiger partial charge in [0.2, 0.25) is 0 Å². The van der Waals surface area contributed by atoms with E-state index in [1.807, 2.05) is 30.3 Å². The summed E-state index contributed by atoms with van der Waals surface area (Å²) in [5, 5.41) is 0.927. The molecular weight excluding hydrogens is 312 g/mol. The Hall–Kier alpha value is -1.54. The molecule has 0 N–H and O–H groups in total. The highest BCUT2D eigenvalue weighted by molar-refractivity contribution is 9.09. The van der Waals surface area contributed by atoms with Crippen molar-refractivity contribution in [1.29, 1.82) is 0 Å². The van der Waals surface area contributed by atoms with E-state index in [0.717, 1.165) is 29.7 Å². The summed E-state index contributed by atoms with van der Waals surface area (Å²) >= 11 is 3.38. The maximum atomic E-state index is 5.84. The summed E-state index contributed by atoms with van der Waals surface area (Å²) in [5.41, 5.74) is 2.54. The van der Waals surface area contributed by atoms with Gasteiger partial charge in [-0.15, -0.1) is 0 Å². The van der Waals surface area contributed by atoms with Gasteiger partial charge in [-0.05, 0) is 55.2 Å². The molecule has 0 atom stereocenters. The largest absolute Gasteiger partial charge is 0.457 e. The van der Waals surface area contributed by atoms with Crippen molar-refractivity contribution in [2.24, 2.45) is 0 Å². The Balaban J connectivity index is 1.93. The molecule has 1 nitrogen and oxygen atoms in total. The summed E-state index contributed by atoms with van der Waals surface area (Å²) in [6.07, 6.45) is 6.47. The molecule has 0 aliphatic carbocycles. The number of hydrogen-bond acceptors (Lipinski definition) is 1. The smallest absolute Gasteiger partial charge is 0.127 e. The molecule has 0 amide bonds. The predicted octanol–water partition coefficient (Wildman–Crippen LogP) is 5.67. The number of benzene rings is 2. The lowest BCUT2D eigenvalue weighted by molar-refractivity contribution is 0.482. The molecule has 0 spiro atoms. The molecule has 104 valence electrons. The fraction of sp³-hybridized carbons (Fsp3) is 0.222. The summed E-state index contributed by atoms with van der Waals surface area (Å²) in [5.74, 6) is 1.77. The first-order valence-electron chi connectivity index (χ1n) is 6.82. The first-order valence-corrected chi connectivity index (χ1v) is 7.94. The Morgan fingerprint density at radius 3 is 2.50 bits per heavy atom. The molecule has 0 aromatic heterocycles. The van der Waals surface area contributed by atoms with Crippen molar-refractivity contribution in [3.8, 4) is 11.5 Å². The van der Waals surface area contributed by atoms with Gasteiger partial charge in [0.05, 0.1) is 0 Å². The van der Waals surface area contributed by atoms with Gasteiger partial charge in [-0.2, -0.15) is 0 Å². The van der Waals surface area contributed by atoms with Crippen molar-refractivity contribution in [2.75, 3.05) is 5.33 Å². The quantitative estimate of drug-likeness (QED) is 0.489. The van der Waals surface area contributed by atoms with Crippen LogP contribution in [0.3, 0.4) is 0 Å².